The molecule has 2 aromatic rings. The number of thiocarbonyl (C=S) groups is 1. The molecule has 3 nitrogen and oxygen atoms in total. The Hall–Kier alpha value is -1.99. The molecule has 2 heterocycles. The molecule has 0 spiro atoms. The third-order valence-corrected chi connectivity index (χ3v) is 4.80. The van der Waals surface area contributed by atoms with Gasteiger partial charge < -0.3 is 4.42 Å². The molecule has 1 aromatic carbocycles. The van der Waals surface area contributed by atoms with E-state index in [2.05, 4.69) is 0 Å². The number of rotatable bonds is 4. The van der Waals surface area contributed by atoms with Crippen LogP contribution in [0.1, 0.15) is 19.1 Å². The van der Waals surface area contributed by atoms with E-state index in [0.717, 1.165) is 18.6 Å². The summed E-state index contributed by atoms with van der Waals surface area (Å²) in [4.78, 5) is 14.3. The van der Waals surface area contributed by atoms with Crippen LogP contribution in [0.2, 0.25) is 0 Å². The van der Waals surface area contributed by atoms with Crippen molar-refractivity contribution >= 4 is 40.3 Å². The normalized spacial score (nSPS) is 16.5. The smallest absolute Gasteiger partial charge is 0.266 e. The van der Waals surface area contributed by atoms with Crippen molar-refractivity contribution < 1.29 is 18.0 Å². The van der Waals surface area contributed by atoms with Gasteiger partial charge in [-0.1, -0.05) is 30.9 Å². The quantitative estimate of drug-likeness (QED) is 0.574. The van der Waals surface area contributed by atoms with E-state index in [4.69, 9.17) is 16.6 Å². The lowest BCUT2D eigenvalue weighted by molar-refractivity contribution is -0.122. The summed E-state index contributed by atoms with van der Waals surface area (Å²) in [6, 6.07) is 6.48. The molecule has 1 aliphatic rings. The van der Waals surface area contributed by atoms with Crippen molar-refractivity contribution in [3.8, 4) is 11.3 Å². The molecule has 7 heteroatoms. The lowest BCUT2D eigenvalue weighted by Crippen LogP contribution is -2.28. The van der Waals surface area contributed by atoms with Crippen LogP contribution in [-0.4, -0.2) is 21.7 Å². The molecule has 3 rings (SSSR count). The van der Waals surface area contributed by atoms with E-state index in [0.29, 0.717) is 21.5 Å². The molecule has 24 heavy (non-hydrogen) atoms. The van der Waals surface area contributed by atoms with Gasteiger partial charge in [0.15, 0.2) is 0 Å². The van der Waals surface area contributed by atoms with Gasteiger partial charge in [-0.3, -0.25) is 9.69 Å². The van der Waals surface area contributed by atoms with Crippen LogP contribution < -0.4 is 0 Å². The molecule has 0 radical (unpaired) electrons. The Morgan fingerprint density at radius 1 is 1.29 bits per heavy atom. The van der Waals surface area contributed by atoms with Crippen LogP contribution in [0.3, 0.4) is 0 Å². The number of halogens is 2. The summed E-state index contributed by atoms with van der Waals surface area (Å²) in [7, 11) is 0. The van der Waals surface area contributed by atoms with E-state index in [-0.39, 0.29) is 17.2 Å². The Morgan fingerprint density at radius 2 is 2.08 bits per heavy atom. The number of nitrogens with zero attached hydrogens (tertiary/aromatic N) is 1. The fourth-order valence-electron chi connectivity index (χ4n) is 2.31. The Bertz CT molecular complexity index is 845. The number of thioether (sulfide) groups is 1. The van der Waals surface area contributed by atoms with Gasteiger partial charge in [-0.15, -0.1) is 0 Å². The molecule has 0 saturated carbocycles. The van der Waals surface area contributed by atoms with Gasteiger partial charge >= 0.3 is 0 Å². The average molecular weight is 365 g/mol. The largest absolute Gasteiger partial charge is 0.457 e. The van der Waals surface area contributed by atoms with Crippen LogP contribution in [0.5, 0.6) is 0 Å². The minimum Gasteiger partial charge on any atom is -0.457 e. The molecule has 1 fully saturated rings. The number of hydrogen-bond acceptors (Lipinski definition) is 4. The summed E-state index contributed by atoms with van der Waals surface area (Å²) >= 11 is 6.41. The Balaban J connectivity index is 1.86. The van der Waals surface area contributed by atoms with E-state index in [1.165, 1.54) is 17.8 Å². The molecule has 0 aliphatic carbocycles. The number of furan rings is 1. The van der Waals surface area contributed by atoms with E-state index in [1.54, 1.807) is 23.1 Å². The second kappa shape index (κ2) is 6.86. The Labute approximate surface area is 147 Å². The van der Waals surface area contributed by atoms with Crippen LogP contribution in [0.4, 0.5) is 8.78 Å². The number of carbonyl (C=O) groups excluding carboxylic acids is 1. The minimum absolute atomic E-state index is 0.155. The highest BCUT2D eigenvalue weighted by atomic mass is 32.2. The first kappa shape index (κ1) is 16.9. The fraction of sp³-hybridized carbons (Fsp3) is 0.176. The van der Waals surface area contributed by atoms with Gasteiger partial charge in [0.05, 0.1) is 10.5 Å². The summed E-state index contributed by atoms with van der Waals surface area (Å²) in [6.07, 6.45) is 2.40. The third-order valence-electron chi connectivity index (χ3n) is 3.42. The van der Waals surface area contributed by atoms with Crippen LogP contribution >= 0.6 is 24.0 Å². The summed E-state index contributed by atoms with van der Waals surface area (Å²) in [5.74, 6) is -0.834. The van der Waals surface area contributed by atoms with Crippen LogP contribution in [-0.2, 0) is 4.79 Å². The number of amides is 1. The summed E-state index contributed by atoms with van der Waals surface area (Å²) in [6.45, 7) is 2.55. The molecule has 0 atom stereocenters. The van der Waals surface area contributed by atoms with E-state index < -0.39 is 11.6 Å². The van der Waals surface area contributed by atoms with E-state index in [9.17, 15) is 13.6 Å². The Morgan fingerprint density at radius 3 is 2.79 bits per heavy atom. The van der Waals surface area contributed by atoms with Crippen LogP contribution in [0, 0.1) is 11.6 Å². The van der Waals surface area contributed by atoms with E-state index >= 15 is 0 Å². The Kier molecular flexibility index (Phi) is 4.82. The predicted octanol–water partition coefficient (Wildman–Crippen LogP) is 4.84. The van der Waals surface area contributed by atoms with Gasteiger partial charge in [-0.25, -0.2) is 8.78 Å². The minimum atomic E-state index is -0.704. The molecule has 1 amide bonds. The van der Waals surface area contributed by atoms with Crippen molar-refractivity contribution in [3.63, 3.8) is 0 Å². The molecule has 1 saturated heterocycles. The van der Waals surface area contributed by atoms with Crippen molar-refractivity contribution in [3.05, 3.63) is 52.6 Å². The van der Waals surface area contributed by atoms with Gasteiger partial charge in [-0.05, 0) is 30.7 Å². The lowest BCUT2D eigenvalue weighted by atomic mass is 10.1. The van der Waals surface area contributed by atoms with Crippen molar-refractivity contribution in [2.75, 3.05) is 6.54 Å². The zero-order chi connectivity index (χ0) is 17.3. The first-order valence-corrected chi connectivity index (χ1v) is 8.52. The highest BCUT2D eigenvalue weighted by Gasteiger charge is 2.31. The highest BCUT2D eigenvalue weighted by molar-refractivity contribution is 8.26. The van der Waals surface area contributed by atoms with E-state index in [1.807, 2.05) is 6.92 Å². The average Bonchev–Trinajstić information content (AvgIpc) is 3.08. The van der Waals surface area contributed by atoms with Crippen molar-refractivity contribution in [2.24, 2.45) is 0 Å². The monoisotopic (exact) mass is 365 g/mol. The number of carbonyl (C=O) groups is 1. The maximum atomic E-state index is 13.8. The molecule has 1 aliphatic heterocycles. The first-order valence-electron chi connectivity index (χ1n) is 7.30. The second-order valence-corrected chi connectivity index (χ2v) is 6.84. The van der Waals surface area contributed by atoms with Crippen molar-refractivity contribution in [2.45, 2.75) is 13.3 Å². The third kappa shape index (κ3) is 3.27. The van der Waals surface area contributed by atoms with Crippen molar-refractivity contribution in [1.29, 1.82) is 0 Å². The molecule has 124 valence electrons. The number of hydrogen-bond donors (Lipinski definition) is 0. The molecular formula is C17H13F2NO2S2. The molecule has 0 unspecified atom stereocenters. The van der Waals surface area contributed by atoms with Crippen LogP contribution in [0.15, 0.2) is 39.7 Å². The maximum absolute atomic E-state index is 13.8. The van der Waals surface area contributed by atoms with Gasteiger partial charge in [0.1, 0.15) is 27.5 Å². The zero-order valence-corrected chi connectivity index (χ0v) is 14.3. The summed E-state index contributed by atoms with van der Waals surface area (Å²) < 4.78 is 32.9. The second-order valence-electron chi connectivity index (χ2n) is 5.16. The number of benzene rings is 1. The van der Waals surface area contributed by atoms with Crippen LogP contribution in [0.25, 0.3) is 17.4 Å². The SMILES string of the molecule is CCCN1C(=O)/C(=C/c2ccc(-c3ccc(F)cc3F)o2)SC1=S. The van der Waals surface area contributed by atoms with Gasteiger partial charge in [0, 0.05) is 18.7 Å². The summed E-state index contributed by atoms with van der Waals surface area (Å²) in [5, 5.41) is 0. The topological polar surface area (TPSA) is 33.5 Å². The fourth-order valence-corrected chi connectivity index (χ4v) is 3.60. The maximum Gasteiger partial charge on any atom is 0.266 e. The van der Waals surface area contributed by atoms with Gasteiger partial charge in [0.2, 0.25) is 0 Å². The highest BCUT2D eigenvalue weighted by Crippen LogP contribution is 2.34. The zero-order valence-electron chi connectivity index (χ0n) is 12.7. The summed E-state index contributed by atoms with van der Waals surface area (Å²) in [5.41, 5.74) is 0.162. The van der Waals surface area contributed by atoms with Gasteiger partial charge in [0.25, 0.3) is 5.91 Å². The first-order chi connectivity index (χ1) is 11.5. The predicted molar refractivity (Wildman–Crippen MR) is 94.2 cm³/mol. The molecule has 1 aromatic heterocycles. The molecule has 0 N–H and O–H groups in total. The van der Waals surface area contributed by atoms with Crippen molar-refractivity contribution in [1.82, 2.24) is 4.90 Å². The van der Waals surface area contributed by atoms with Gasteiger partial charge in [-0.2, -0.15) is 0 Å². The lowest BCUT2D eigenvalue weighted by Gasteiger charge is -2.11. The standard InChI is InChI=1S/C17H13F2NO2S2/c1-2-7-20-16(21)15(24-17(20)23)9-11-4-6-14(22-11)12-5-3-10(18)8-13(12)19/h3-6,8-9H,2,7H2,1H3/b15-9-. The molecular weight excluding hydrogens is 352 g/mol. The molecule has 0 bridgehead atoms.